The number of benzene rings is 2. The van der Waals surface area contributed by atoms with Crippen LogP contribution in [0.1, 0.15) is 44.2 Å². The van der Waals surface area contributed by atoms with Gasteiger partial charge >= 0.3 is 12.1 Å². The smallest absolute Gasteiger partial charge is 0.408 e. The van der Waals surface area contributed by atoms with Gasteiger partial charge in [0, 0.05) is 19.2 Å². The summed E-state index contributed by atoms with van der Waals surface area (Å²) in [5, 5.41) is 31.1. The number of carbonyl (C=O) groups is 4. The molecule has 2 aromatic carbocycles. The van der Waals surface area contributed by atoms with Crippen LogP contribution in [0.5, 0.6) is 5.75 Å². The molecule has 0 radical (unpaired) electrons. The van der Waals surface area contributed by atoms with Gasteiger partial charge in [-0.05, 0) is 48.4 Å². The summed E-state index contributed by atoms with van der Waals surface area (Å²) in [5.41, 5.74) is 15.6. The molecule has 48 heavy (non-hydrogen) atoms. The van der Waals surface area contributed by atoms with Crippen LogP contribution in [0, 0.1) is 16.0 Å². The average molecular weight is 671 g/mol. The van der Waals surface area contributed by atoms with E-state index in [-0.39, 0.29) is 50.5 Å². The number of aliphatic imine (C=N–C) groups is 1. The van der Waals surface area contributed by atoms with E-state index in [0.29, 0.717) is 5.56 Å². The van der Waals surface area contributed by atoms with Crippen molar-refractivity contribution < 1.29 is 34.1 Å². The topological polar surface area (TPSA) is 278 Å². The number of primary amides is 1. The van der Waals surface area contributed by atoms with Crippen LogP contribution in [-0.2, 0) is 27.4 Å². The highest BCUT2D eigenvalue weighted by molar-refractivity contribution is 5.92. The number of urea groups is 1. The summed E-state index contributed by atoms with van der Waals surface area (Å²) >= 11 is 0. The number of nitro groups is 1. The van der Waals surface area contributed by atoms with Crippen molar-refractivity contribution in [3.63, 3.8) is 0 Å². The lowest BCUT2D eigenvalue weighted by Crippen LogP contribution is -2.56. The molecule has 0 spiro atoms. The molecule has 0 heterocycles. The van der Waals surface area contributed by atoms with Gasteiger partial charge in [0.15, 0.2) is 5.03 Å². The van der Waals surface area contributed by atoms with Gasteiger partial charge in [0.1, 0.15) is 24.4 Å². The molecule has 0 aliphatic rings. The Bertz CT molecular complexity index is 1420. The molecule has 18 heteroatoms. The number of hydrazone groups is 1. The molecule has 0 saturated carbocycles. The third-order valence-corrected chi connectivity index (χ3v) is 6.46. The lowest BCUT2D eigenvalue weighted by molar-refractivity contribution is -0.525. The maximum Gasteiger partial charge on any atom is 0.408 e. The Balaban J connectivity index is 2.22. The van der Waals surface area contributed by atoms with Crippen LogP contribution in [0.3, 0.4) is 0 Å². The predicted molar refractivity (Wildman–Crippen MR) is 176 cm³/mol. The van der Waals surface area contributed by atoms with E-state index in [2.05, 4.69) is 26.0 Å². The number of nitrogens with one attached hydrogen (secondary N) is 5. The number of hydrogen-bond donors (Lipinski definition) is 8. The number of amides is 5. The Morgan fingerprint density at radius 1 is 0.958 bits per heavy atom. The van der Waals surface area contributed by atoms with Gasteiger partial charge in [0.05, 0.1) is 6.04 Å². The molecular weight excluding hydrogens is 628 g/mol. The van der Waals surface area contributed by atoms with Crippen molar-refractivity contribution in [3.05, 3.63) is 75.8 Å². The zero-order valence-corrected chi connectivity index (χ0v) is 26.6. The third kappa shape index (κ3) is 15.9. The summed E-state index contributed by atoms with van der Waals surface area (Å²) in [6.45, 7) is 3.78. The van der Waals surface area contributed by atoms with E-state index in [1.54, 1.807) is 41.8 Å². The standard InChI is InChI=1S/C30H42N10O8/c1-19(2)15-24(37-30(45)48-18-21-7-4-3-5-8-21)27(43)36-25(16-20-10-12-23(41)13-11-20)26(42)35-22(17-34-38-29(32)44)9-6-14-33-28(31)39-40(46)47/h3-5,7-8,10-13,17,19,22,24-25,41H,6,9,14-16,18H2,1-2H3,(H,35,42)(H,36,43)(H,37,45)(H3,31,33,39)(H3,32,38,44)/b34-17+/t22-,24-,25-/m0/s1. The van der Waals surface area contributed by atoms with Crippen molar-refractivity contribution in [2.75, 3.05) is 6.54 Å². The fraction of sp³-hybridized carbons (Fsp3) is 0.400. The minimum absolute atomic E-state index is 0.00148. The van der Waals surface area contributed by atoms with Gasteiger partial charge in [-0.2, -0.15) is 5.10 Å². The lowest BCUT2D eigenvalue weighted by atomic mass is 10.0. The molecule has 2 rings (SSSR count). The summed E-state index contributed by atoms with van der Waals surface area (Å²) in [6, 6.07) is 11.1. The van der Waals surface area contributed by atoms with E-state index < -0.39 is 53.1 Å². The van der Waals surface area contributed by atoms with Crippen LogP contribution < -0.4 is 38.3 Å². The van der Waals surface area contributed by atoms with Crippen molar-refractivity contribution >= 4 is 36.1 Å². The average Bonchev–Trinajstić information content (AvgIpc) is 3.02. The Morgan fingerprint density at radius 2 is 1.62 bits per heavy atom. The summed E-state index contributed by atoms with van der Waals surface area (Å²) in [5.74, 6) is -1.69. The first-order chi connectivity index (χ1) is 22.8. The van der Waals surface area contributed by atoms with E-state index in [1.807, 2.05) is 25.3 Å². The Hall–Kier alpha value is -5.94. The van der Waals surface area contributed by atoms with E-state index in [1.165, 1.54) is 18.3 Å². The van der Waals surface area contributed by atoms with Gasteiger partial charge in [-0.15, -0.1) is 0 Å². The van der Waals surface area contributed by atoms with Gasteiger partial charge in [-0.1, -0.05) is 61.7 Å². The Morgan fingerprint density at radius 3 is 2.25 bits per heavy atom. The van der Waals surface area contributed by atoms with Gasteiger partial charge in [-0.3, -0.25) is 9.59 Å². The molecule has 0 aromatic heterocycles. The number of nitrogens with two attached hydrogens (primary N) is 2. The molecule has 0 aliphatic carbocycles. The fourth-order valence-electron chi connectivity index (χ4n) is 4.26. The number of guanidine groups is 1. The van der Waals surface area contributed by atoms with Crippen molar-refractivity contribution in [2.24, 2.45) is 27.5 Å². The molecule has 10 N–H and O–H groups in total. The van der Waals surface area contributed by atoms with Gasteiger partial charge in [-0.25, -0.2) is 30.1 Å². The molecule has 0 fully saturated rings. The number of phenols is 1. The first-order valence-electron chi connectivity index (χ1n) is 15.0. The molecule has 18 nitrogen and oxygen atoms in total. The molecule has 0 aliphatic heterocycles. The molecule has 0 bridgehead atoms. The van der Waals surface area contributed by atoms with Crippen LogP contribution in [0.2, 0.25) is 0 Å². The van der Waals surface area contributed by atoms with Gasteiger partial charge in [0.2, 0.25) is 11.8 Å². The van der Waals surface area contributed by atoms with E-state index >= 15 is 0 Å². The van der Waals surface area contributed by atoms with Crippen LogP contribution in [0.25, 0.3) is 0 Å². The molecular formula is C30H42N10O8. The summed E-state index contributed by atoms with van der Waals surface area (Å²) < 4.78 is 5.30. The first-order valence-corrected chi connectivity index (χ1v) is 15.0. The number of alkyl carbamates (subject to hydrolysis) is 1. The fourth-order valence-corrected chi connectivity index (χ4v) is 4.26. The molecule has 5 amide bonds. The second-order valence-electron chi connectivity index (χ2n) is 11.0. The normalized spacial score (nSPS) is 13.2. The number of rotatable bonds is 18. The third-order valence-electron chi connectivity index (χ3n) is 6.46. The highest BCUT2D eigenvalue weighted by Gasteiger charge is 2.29. The lowest BCUT2D eigenvalue weighted by Gasteiger charge is -2.25. The van der Waals surface area contributed by atoms with Crippen LogP contribution in [0.4, 0.5) is 9.59 Å². The number of hydrazine groups is 1. The summed E-state index contributed by atoms with van der Waals surface area (Å²) in [7, 11) is 0. The van der Waals surface area contributed by atoms with Crippen LogP contribution in [0.15, 0.2) is 64.7 Å². The predicted octanol–water partition coefficient (Wildman–Crippen LogP) is 0.776. The maximum atomic E-state index is 13.7. The Kier molecular flexibility index (Phi) is 16.1. The molecule has 2 aromatic rings. The van der Waals surface area contributed by atoms with Crippen LogP contribution >= 0.6 is 0 Å². The second kappa shape index (κ2) is 20.2. The largest absolute Gasteiger partial charge is 0.508 e. The summed E-state index contributed by atoms with van der Waals surface area (Å²) in [4.78, 5) is 65.3. The first kappa shape index (κ1) is 38.2. The number of carbonyl (C=O) groups excluding carboxylic acids is 4. The van der Waals surface area contributed by atoms with Crippen LogP contribution in [-0.4, -0.2) is 70.9 Å². The van der Waals surface area contributed by atoms with Crippen molar-refractivity contribution in [1.29, 1.82) is 0 Å². The van der Waals surface area contributed by atoms with Gasteiger partial charge in [0.25, 0.3) is 5.96 Å². The van der Waals surface area contributed by atoms with Crippen molar-refractivity contribution in [1.82, 2.24) is 26.8 Å². The molecule has 0 unspecified atom stereocenters. The number of nitrogens with zero attached hydrogens (tertiary/aromatic N) is 3. The number of aromatic hydroxyl groups is 1. The minimum atomic E-state index is -1.17. The highest BCUT2D eigenvalue weighted by Crippen LogP contribution is 2.13. The van der Waals surface area contributed by atoms with Crippen molar-refractivity contribution in [2.45, 2.75) is 64.3 Å². The molecule has 0 saturated heterocycles. The molecule has 3 atom stereocenters. The minimum Gasteiger partial charge on any atom is -0.508 e. The Labute approximate surface area is 276 Å². The zero-order valence-electron chi connectivity index (χ0n) is 26.6. The summed E-state index contributed by atoms with van der Waals surface area (Å²) in [6.07, 6.45) is 1.11. The van der Waals surface area contributed by atoms with E-state index in [4.69, 9.17) is 16.2 Å². The van der Waals surface area contributed by atoms with Crippen molar-refractivity contribution in [3.8, 4) is 5.75 Å². The van der Waals surface area contributed by atoms with Gasteiger partial charge < -0.3 is 37.3 Å². The highest BCUT2D eigenvalue weighted by atomic mass is 16.7. The monoisotopic (exact) mass is 670 g/mol. The SMILES string of the molecule is CC(C)C[C@H](NC(=O)OCc1ccccc1)C(=O)N[C@@H](Cc1ccc(O)cc1)C(=O)N[C@H](/C=N/NC(N)=O)CCCN=C(N)N[N+](=O)[O-]. The second-order valence-corrected chi connectivity index (χ2v) is 11.0. The number of hydrogen-bond acceptors (Lipinski definition) is 10. The number of ether oxygens (including phenoxy) is 1. The number of phenolic OH excluding ortho intramolecular Hbond substituents is 1. The van der Waals surface area contributed by atoms with E-state index in [9.17, 15) is 34.4 Å². The zero-order chi connectivity index (χ0) is 35.5. The molecule has 260 valence electrons. The quantitative estimate of drug-likeness (QED) is 0.0363. The van der Waals surface area contributed by atoms with E-state index in [0.717, 1.165) is 5.56 Å². The maximum absolute atomic E-state index is 13.7.